The summed E-state index contributed by atoms with van der Waals surface area (Å²) in [6.45, 7) is 5.57. The number of anilines is 2. The highest BCUT2D eigenvalue weighted by molar-refractivity contribution is 5.90. The molecule has 0 unspecified atom stereocenters. The van der Waals surface area contributed by atoms with Crippen molar-refractivity contribution in [2.75, 3.05) is 49.7 Å². The maximum Gasteiger partial charge on any atom is 0.414 e. The smallest absolute Gasteiger partial charge is 0.414 e. The van der Waals surface area contributed by atoms with E-state index in [0.29, 0.717) is 31.6 Å². The van der Waals surface area contributed by atoms with Crippen LogP contribution in [-0.4, -0.2) is 68.1 Å². The van der Waals surface area contributed by atoms with Gasteiger partial charge in [-0.15, -0.1) is 0 Å². The number of hydrogen-bond acceptors (Lipinski definition) is 8. The molecular weight excluding hydrogens is 446 g/mol. The second kappa shape index (κ2) is 10.4. The fourth-order valence-corrected chi connectivity index (χ4v) is 4.71. The van der Waals surface area contributed by atoms with Gasteiger partial charge in [0.1, 0.15) is 17.4 Å². The Bertz CT molecular complexity index is 1160. The van der Waals surface area contributed by atoms with Crippen molar-refractivity contribution in [1.29, 1.82) is 0 Å². The third-order valence-electron chi connectivity index (χ3n) is 6.55. The van der Waals surface area contributed by atoms with Crippen molar-refractivity contribution in [2.45, 2.75) is 31.9 Å². The first kappa shape index (κ1) is 23.2. The van der Waals surface area contributed by atoms with Gasteiger partial charge in [-0.05, 0) is 56.2 Å². The molecule has 1 aromatic carbocycles. The molecule has 0 radical (unpaired) electrons. The first-order valence-corrected chi connectivity index (χ1v) is 12.1. The van der Waals surface area contributed by atoms with Crippen LogP contribution in [0.1, 0.15) is 19.8 Å². The molecule has 35 heavy (non-hydrogen) atoms. The van der Waals surface area contributed by atoms with E-state index in [1.165, 1.54) is 0 Å². The van der Waals surface area contributed by atoms with Crippen LogP contribution in [0.2, 0.25) is 0 Å². The minimum Gasteiger partial charge on any atom is -0.494 e. The Morgan fingerprint density at radius 1 is 1.11 bits per heavy atom. The van der Waals surface area contributed by atoms with Crippen LogP contribution in [-0.2, 0) is 4.74 Å². The summed E-state index contributed by atoms with van der Waals surface area (Å²) in [5.41, 5.74) is 3.64. The number of amides is 1. The standard InChI is InChI=1S/C26H31N5O4/c1-3-34-20-6-4-19(5-7-20)31-17-21(35-26(31)32)16-28-18-11-14-30(15-12-18)23-10-13-27-22-8-9-24(33-2)29-25(22)23/h4-10,13,18,21,28H,3,11-12,14-17H2,1-2H3/t21-/m1/s1. The molecule has 9 heteroatoms. The average Bonchev–Trinajstić information content (AvgIpc) is 3.28. The first-order chi connectivity index (χ1) is 17.1. The Kier molecular flexibility index (Phi) is 6.85. The monoisotopic (exact) mass is 477 g/mol. The number of benzene rings is 1. The van der Waals surface area contributed by atoms with Gasteiger partial charge < -0.3 is 24.4 Å². The van der Waals surface area contributed by atoms with E-state index in [0.717, 1.165) is 54.1 Å². The van der Waals surface area contributed by atoms with Gasteiger partial charge in [0.15, 0.2) is 0 Å². The number of piperidine rings is 1. The minimum absolute atomic E-state index is 0.173. The topological polar surface area (TPSA) is 89.1 Å². The van der Waals surface area contributed by atoms with E-state index in [9.17, 15) is 4.79 Å². The number of carbonyl (C=O) groups is 1. The number of nitrogens with one attached hydrogen (secondary N) is 1. The summed E-state index contributed by atoms with van der Waals surface area (Å²) in [7, 11) is 1.63. The van der Waals surface area contributed by atoms with Crippen molar-refractivity contribution in [2.24, 2.45) is 0 Å². The lowest BCUT2D eigenvalue weighted by Crippen LogP contribution is -2.45. The molecule has 0 saturated carbocycles. The molecule has 2 aliphatic rings. The van der Waals surface area contributed by atoms with Gasteiger partial charge in [-0.2, -0.15) is 0 Å². The van der Waals surface area contributed by atoms with Crippen molar-refractivity contribution >= 4 is 28.5 Å². The van der Waals surface area contributed by atoms with E-state index in [-0.39, 0.29) is 12.2 Å². The molecule has 184 valence electrons. The maximum atomic E-state index is 12.4. The molecule has 5 rings (SSSR count). The van der Waals surface area contributed by atoms with Gasteiger partial charge >= 0.3 is 6.09 Å². The molecule has 1 atom stereocenters. The quantitative estimate of drug-likeness (QED) is 0.526. The minimum atomic E-state index is -0.303. The van der Waals surface area contributed by atoms with Gasteiger partial charge in [-0.3, -0.25) is 9.88 Å². The van der Waals surface area contributed by atoms with E-state index < -0.39 is 0 Å². The maximum absolute atomic E-state index is 12.4. The van der Waals surface area contributed by atoms with Crippen LogP contribution in [0, 0.1) is 0 Å². The number of fused-ring (bicyclic) bond motifs is 1. The molecule has 4 heterocycles. The summed E-state index contributed by atoms with van der Waals surface area (Å²) in [4.78, 5) is 25.5. The molecule has 1 amide bonds. The van der Waals surface area contributed by atoms with Gasteiger partial charge in [0, 0.05) is 43.6 Å². The SMILES string of the molecule is CCOc1ccc(N2C[C@@H](CNC3CCN(c4ccnc5ccc(OC)nc45)CC3)OC2=O)cc1. The number of cyclic esters (lactones) is 1. The van der Waals surface area contributed by atoms with Gasteiger partial charge in [0.25, 0.3) is 0 Å². The van der Waals surface area contributed by atoms with Gasteiger partial charge in [-0.1, -0.05) is 0 Å². The number of pyridine rings is 2. The van der Waals surface area contributed by atoms with Crippen molar-refractivity contribution in [1.82, 2.24) is 15.3 Å². The predicted molar refractivity (Wildman–Crippen MR) is 135 cm³/mol. The predicted octanol–water partition coefficient (Wildman–Crippen LogP) is 3.62. The molecule has 2 aromatic heterocycles. The third-order valence-corrected chi connectivity index (χ3v) is 6.55. The Hall–Kier alpha value is -3.59. The normalized spacial score (nSPS) is 18.7. The lowest BCUT2D eigenvalue weighted by atomic mass is 10.0. The van der Waals surface area contributed by atoms with Crippen LogP contribution in [0.4, 0.5) is 16.2 Å². The van der Waals surface area contributed by atoms with E-state index in [1.54, 1.807) is 12.0 Å². The van der Waals surface area contributed by atoms with Crippen LogP contribution in [0.25, 0.3) is 11.0 Å². The molecule has 0 spiro atoms. The molecule has 2 saturated heterocycles. The largest absolute Gasteiger partial charge is 0.494 e. The number of nitrogens with zero attached hydrogens (tertiary/aromatic N) is 4. The van der Waals surface area contributed by atoms with E-state index >= 15 is 0 Å². The summed E-state index contributed by atoms with van der Waals surface area (Å²) in [6, 6.07) is 13.7. The fourth-order valence-electron chi connectivity index (χ4n) is 4.71. The number of ether oxygens (including phenoxy) is 3. The number of aromatic nitrogens is 2. The number of carbonyl (C=O) groups excluding carboxylic acids is 1. The molecule has 3 aromatic rings. The number of methoxy groups -OCH3 is 1. The lowest BCUT2D eigenvalue weighted by Gasteiger charge is -2.34. The zero-order valence-corrected chi connectivity index (χ0v) is 20.1. The zero-order valence-electron chi connectivity index (χ0n) is 20.1. The van der Waals surface area contributed by atoms with E-state index in [2.05, 4.69) is 20.2 Å². The van der Waals surface area contributed by atoms with Gasteiger partial charge in [-0.25, -0.2) is 9.78 Å². The second-order valence-corrected chi connectivity index (χ2v) is 8.76. The summed E-state index contributed by atoms with van der Waals surface area (Å²) in [5.74, 6) is 1.39. The molecule has 9 nitrogen and oxygen atoms in total. The van der Waals surface area contributed by atoms with Gasteiger partial charge in [0.2, 0.25) is 5.88 Å². The summed E-state index contributed by atoms with van der Waals surface area (Å²) in [5, 5.41) is 3.61. The highest BCUT2D eigenvalue weighted by Crippen LogP contribution is 2.28. The van der Waals surface area contributed by atoms with Crippen molar-refractivity contribution < 1.29 is 19.0 Å². The number of rotatable bonds is 8. The van der Waals surface area contributed by atoms with E-state index in [1.807, 2.05) is 55.6 Å². The molecule has 2 fully saturated rings. The fraction of sp³-hybridized carbons (Fsp3) is 0.423. The van der Waals surface area contributed by atoms with Gasteiger partial charge in [0.05, 0.1) is 31.5 Å². The highest BCUT2D eigenvalue weighted by Gasteiger charge is 2.33. The first-order valence-electron chi connectivity index (χ1n) is 12.1. The molecule has 0 aliphatic carbocycles. The Balaban J connectivity index is 1.13. The summed E-state index contributed by atoms with van der Waals surface area (Å²) >= 11 is 0. The van der Waals surface area contributed by atoms with Crippen molar-refractivity contribution in [3.63, 3.8) is 0 Å². The van der Waals surface area contributed by atoms with Crippen LogP contribution >= 0.6 is 0 Å². The van der Waals surface area contributed by atoms with Crippen LogP contribution in [0.5, 0.6) is 11.6 Å². The highest BCUT2D eigenvalue weighted by atomic mass is 16.6. The number of hydrogen-bond donors (Lipinski definition) is 1. The molecule has 0 bridgehead atoms. The van der Waals surface area contributed by atoms with Crippen LogP contribution < -0.4 is 24.6 Å². The molecule has 1 N–H and O–H groups in total. The van der Waals surface area contributed by atoms with Crippen molar-refractivity contribution in [3.05, 3.63) is 48.7 Å². The zero-order chi connectivity index (χ0) is 24.2. The van der Waals surface area contributed by atoms with Crippen LogP contribution in [0.3, 0.4) is 0 Å². The Morgan fingerprint density at radius 3 is 2.66 bits per heavy atom. The van der Waals surface area contributed by atoms with E-state index in [4.69, 9.17) is 14.2 Å². The lowest BCUT2D eigenvalue weighted by molar-refractivity contribution is 0.137. The van der Waals surface area contributed by atoms with Crippen molar-refractivity contribution in [3.8, 4) is 11.6 Å². The Morgan fingerprint density at radius 2 is 1.91 bits per heavy atom. The summed E-state index contributed by atoms with van der Waals surface area (Å²) in [6.07, 6.45) is 3.35. The molecule has 2 aliphatic heterocycles. The third kappa shape index (κ3) is 5.09. The van der Waals surface area contributed by atoms with Crippen LogP contribution in [0.15, 0.2) is 48.7 Å². The molecular formula is C26H31N5O4. The Labute approximate surface area is 205 Å². The summed E-state index contributed by atoms with van der Waals surface area (Å²) < 4.78 is 16.4. The second-order valence-electron chi connectivity index (χ2n) is 8.76. The average molecular weight is 478 g/mol.